The number of hydrogen-bond acceptors (Lipinski definition) is 3. The van der Waals surface area contributed by atoms with Crippen LogP contribution in [0.1, 0.15) is 46.5 Å². The zero-order valence-electron chi connectivity index (χ0n) is 10.3. The predicted molar refractivity (Wildman–Crippen MR) is 60.7 cm³/mol. The van der Waals surface area contributed by atoms with E-state index in [9.17, 15) is 4.79 Å². The van der Waals surface area contributed by atoms with Gasteiger partial charge in [0.1, 0.15) is 11.6 Å². The van der Waals surface area contributed by atoms with E-state index in [0.717, 1.165) is 18.8 Å². The van der Waals surface area contributed by atoms with E-state index >= 15 is 0 Å². The zero-order chi connectivity index (χ0) is 11.5. The fourth-order valence-corrected chi connectivity index (χ4v) is 1.75. The second-order valence-electron chi connectivity index (χ2n) is 5.16. The fraction of sp³-hybridized carbons (Fsp3) is 0.917. The maximum absolute atomic E-state index is 11.8. The minimum absolute atomic E-state index is 0.135. The van der Waals surface area contributed by atoms with Crippen molar-refractivity contribution in [1.29, 1.82) is 0 Å². The van der Waals surface area contributed by atoms with Gasteiger partial charge in [0.05, 0.1) is 0 Å². The Kier molecular flexibility index (Phi) is 4.14. The first-order valence-electron chi connectivity index (χ1n) is 5.85. The van der Waals surface area contributed by atoms with Gasteiger partial charge in [0.2, 0.25) is 0 Å². The van der Waals surface area contributed by atoms with Gasteiger partial charge in [-0.3, -0.25) is 4.79 Å². The van der Waals surface area contributed by atoms with Gasteiger partial charge in [-0.25, -0.2) is 0 Å². The predicted octanol–water partition coefficient (Wildman–Crippen LogP) is 2.11. The summed E-state index contributed by atoms with van der Waals surface area (Å²) in [4.78, 5) is 11.8. The van der Waals surface area contributed by atoms with Crippen LogP contribution in [0, 0.1) is 5.92 Å². The zero-order valence-corrected chi connectivity index (χ0v) is 10.3. The van der Waals surface area contributed by atoms with E-state index < -0.39 is 5.54 Å². The molecule has 0 aliphatic heterocycles. The van der Waals surface area contributed by atoms with Crippen molar-refractivity contribution in [1.82, 2.24) is 5.32 Å². The summed E-state index contributed by atoms with van der Waals surface area (Å²) >= 11 is 0. The Morgan fingerprint density at radius 1 is 1.27 bits per heavy atom. The maximum Gasteiger partial charge on any atom is 0.326 e. The SMILES string of the molecule is CNC(C)(C)C(=O)OC1CCC(C)CC1. The highest BCUT2D eigenvalue weighted by atomic mass is 16.5. The van der Waals surface area contributed by atoms with Crippen molar-refractivity contribution in [3.05, 3.63) is 0 Å². The number of nitrogens with one attached hydrogen (secondary N) is 1. The molecule has 88 valence electrons. The summed E-state index contributed by atoms with van der Waals surface area (Å²) in [6.45, 7) is 5.96. The van der Waals surface area contributed by atoms with Gasteiger partial charge in [-0.1, -0.05) is 6.92 Å². The standard InChI is InChI=1S/C12H23NO2/c1-9-5-7-10(8-6-9)15-11(14)12(2,3)13-4/h9-10,13H,5-8H2,1-4H3. The van der Waals surface area contributed by atoms with E-state index in [2.05, 4.69) is 12.2 Å². The van der Waals surface area contributed by atoms with Crippen molar-refractivity contribution in [2.45, 2.75) is 58.1 Å². The number of esters is 1. The second-order valence-corrected chi connectivity index (χ2v) is 5.16. The molecule has 1 saturated carbocycles. The molecule has 0 heterocycles. The van der Waals surface area contributed by atoms with Crippen LogP contribution >= 0.6 is 0 Å². The Morgan fingerprint density at radius 3 is 2.27 bits per heavy atom. The molecule has 1 rings (SSSR count). The molecule has 1 fully saturated rings. The van der Waals surface area contributed by atoms with E-state index in [0.29, 0.717) is 0 Å². The van der Waals surface area contributed by atoms with Crippen molar-refractivity contribution >= 4 is 5.97 Å². The molecule has 1 N–H and O–H groups in total. The molecule has 3 heteroatoms. The lowest BCUT2D eigenvalue weighted by Gasteiger charge is -2.29. The van der Waals surface area contributed by atoms with Crippen LogP contribution in [-0.4, -0.2) is 24.7 Å². The van der Waals surface area contributed by atoms with Crippen molar-refractivity contribution < 1.29 is 9.53 Å². The topological polar surface area (TPSA) is 38.3 Å². The third-order valence-electron chi connectivity index (χ3n) is 3.37. The average molecular weight is 213 g/mol. The molecule has 0 radical (unpaired) electrons. The molecule has 0 aromatic carbocycles. The van der Waals surface area contributed by atoms with Crippen molar-refractivity contribution in [2.24, 2.45) is 5.92 Å². The van der Waals surface area contributed by atoms with Gasteiger partial charge < -0.3 is 10.1 Å². The maximum atomic E-state index is 11.8. The number of rotatable bonds is 3. The molecule has 0 spiro atoms. The van der Waals surface area contributed by atoms with Crippen molar-refractivity contribution in [3.8, 4) is 0 Å². The van der Waals surface area contributed by atoms with Crippen LogP contribution in [0.5, 0.6) is 0 Å². The number of ether oxygens (including phenoxy) is 1. The van der Waals surface area contributed by atoms with Gasteiger partial charge in [0, 0.05) is 0 Å². The molecule has 3 nitrogen and oxygen atoms in total. The average Bonchev–Trinajstić information content (AvgIpc) is 2.21. The van der Waals surface area contributed by atoms with Gasteiger partial charge in [0.15, 0.2) is 0 Å². The van der Waals surface area contributed by atoms with E-state index in [-0.39, 0.29) is 12.1 Å². The molecular weight excluding hydrogens is 190 g/mol. The molecule has 0 saturated heterocycles. The minimum Gasteiger partial charge on any atom is -0.461 e. The van der Waals surface area contributed by atoms with Crippen LogP contribution in [0.3, 0.4) is 0 Å². The fourth-order valence-electron chi connectivity index (χ4n) is 1.75. The van der Waals surface area contributed by atoms with Gasteiger partial charge in [-0.15, -0.1) is 0 Å². The first-order valence-corrected chi connectivity index (χ1v) is 5.85. The summed E-state index contributed by atoms with van der Waals surface area (Å²) in [6.07, 6.45) is 4.54. The number of hydrogen-bond donors (Lipinski definition) is 1. The van der Waals surface area contributed by atoms with Crippen LogP contribution in [0.25, 0.3) is 0 Å². The molecule has 0 aromatic rings. The van der Waals surface area contributed by atoms with E-state index in [1.165, 1.54) is 12.8 Å². The van der Waals surface area contributed by atoms with E-state index in [1.807, 2.05) is 13.8 Å². The normalized spacial score (nSPS) is 27.5. The monoisotopic (exact) mass is 213 g/mol. The van der Waals surface area contributed by atoms with Crippen LogP contribution in [-0.2, 0) is 9.53 Å². The Balaban J connectivity index is 2.39. The third kappa shape index (κ3) is 3.49. The first kappa shape index (κ1) is 12.5. The number of carbonyl (C=O) groups excluding carboxylic acids is 1. The molecule has 1 aliphatic rings. The number of carbonyl (C=O) groups is 1. The third-order valence-corrected chi connectivity index (χ3v) is 3.37. The number of likely N-dealkylation sites (N-methyl/N-ethyl adjacent to an activating group) is 1. The van der Waals surface area contributed by atoms with E-state index in [1.54, 1.807) is 7.05 Å². The Bertz CT molecular complexity index is 218. The van der Waals surface area contributed by atoms with Crippen LogP contribution in [0.15, 0.2) is 0 Å². The quantitative estimate of drug-likeness (QED) is 0.730. The highest BCUT2D eigenvalue weighted by Gasteiger charge is 2.30. The first-order chi connectivity index (χ1) is 6.95. The summed E-state index contributed by atoms with van der Waals surface area (Å²) in [5.41, 5.74) is -0.566. The lowest BCUT2D eigenvalue weighted by molar-refractivity contribution is -0.157. The van der Waals surface area contributed by atoms with Crippen LogP contribution in [0.2, 0.25) is 0 Å². The highest BCUT2D eigenvalue weighted by Crippen LogP contribution is 2.26. The molecule has 0 bridgehead atoms. The van der Waals surface area contributed by atoms with Crippen LogP contribution < -0.4 is 5.32 Å². The smallest absolute Gasteiger partial charge is 0.326 e. The summed E-state index contributed by atoms with van der Waals surface area (Å²) in [6, 6.07) is 0. The van der Waals surface area contributed by atoms with Gasteiger partial charge in [0.25, 0.3) is 0 Å². The summed E-state index contributed by atoms with van der Waals surface area (Å²) in [5.74, 6) is 0.654. The molecule has 0 unspecified atom stereocenters. The van der Waals surface area contributed by atoms with E-state index in [4.69, 9.17) is 4.74 Å². The molecular formula is C12H23NO2. The van der Waals surface area contributed by atoms with Gasteiger partial charge in [-0.05, 0) is 52.5 Å². The highest BCUT2D eigenvalue weighted by molar-refractivity contribution is 5.79. The van der Waals surface area contributed by atoms with Crippen LogP contribution in [0.4, 0.5) is 0 Å². The molecule has 0 aromatic heterocycles. The lowest BCUT2D eigenvalue weighted by Crippen LogP contribution is -2.47. The van der Waals surface area contributed by atoms with Crippen molar-refractivity contribution in [3.63, 3.8) is 0 Å². The van der Waals surface area contributed by atoms with Gasteiger partial charge in [-0.2, -0.15) is 0 Å². The minimum atomic E-state index is -0.566. The van der Waals surface area contributed by atoms with Crippen molar-refractivity contribution in [2.75, 3.05) is 7.05 Å². The largest absolute Gasteiger partial charge is 0.461 e. The molecule has 1 aliphatic carbocycles. The molecule has 0 amide bonds. The summed E-state index contributed by atoms with van der Waals surface area (Å²) < 4.78 is 5.49. The second kappa shape index (κ2) is 4.97. The molecule has 15 heavy (non-hydrogen) atoms. The Morgan fingerprint density at radius 2 is 1.80 bits per heavy atom. The summed E-state index contributed by atoms with van der Waals surface area (Å²) in [7, 11) is 1.78. The van der Waals surface area contributed by atoms with Gasteiger partial charge >= 0.3 is 5.97 Å². The lowest BCUT2D eigenvalue weighted by atomic mass is 9.89. The molecule has 0 atom stereocenters. The summed E-state index contributed by atoms with van der Waals surface area (Å²) in [5, 5.41) is 2.96. The Hall–Kier alpha value is -0.570. The Labute approximate surface area is 92.6 Å².